The topological polar surface area (TPSA) is 70.8 Å². The van der Waals surface area contributed by atoms with E-state index in [4.69, 9.17) is 10.7 Å². The van der Waals surface area contributed by atoms with E-state index in [1.807, 2.05) is 0 Å². The molecule has 1 aliphatic heterocycles. The number of aromatic amines is 1. The summed E-state index contributed by atoms with van der Waals surface area (Å²) in [4.78, 5) is 15.1. The normalized spacial score (nSPS) is 15.7. The van der Waals surface area contributed by atoms with Crippen LogP contribution in [0.25, 0.3) is 11.0 Å². The van der Waals surface area contributed by atoms with E-state index in [-0.39, 0.29) is 0 Å². The maximum atomic E-state index is 6.12. The van der Waals surface area contributed by atoms with Gasteiger partial charge in [-0.25, -0.2) is 9.97 Å². The molecule has 3 N–H and O–H groups in total. The third-order valence-corrected chi connectivity index (χ3v) is 5.55. The summed E-state index contributed by atoms with van der Waals surface area (Å²) in [5, 5.41) is 0. The lowest BCUT2D eigenvalue weighted by Gasteiger charge is -2.26. The van der Waals surface area contributed by atoms with Crippen molar-refractivity contribution in [3.8, 4) is 0 Å². The summed E-state index contributed by atoms with van der Waals surface area (Å²) in [7, 11) is 0. The SMILES string of the molecule is CCCCc1nc(N)c2[nH]cc(CCCCCCN3CCCCC3)c2n1. The Labute approximate surface area is 157 Å². The molecular formula is C21H35N5. The average Bonchev–Trinajstić information content (AvgIpc) is 3.07. The summed E-state index contributed by atoms with van der Waals surface area (Å²) in [6.07, 6.45) is 15.7. The van der Waals surface area contributed by atoms with Crippen LogP contribution in [0.15, 0.2) is 6.20 Å². The molecule has 144 valence electrons. The van der Waals surface area contributed by atoms with Crippen molar-refractivity contribution in [2.45, 2.75) is 77.6 Å². The van der Waals surface area contributed by atoms with E-state index in [0.717, 1.165) is 42.5 Å². The van der Waals surface area contributed by atoms with Crippen LogP contribution in [0.4, 0.5) is 5.82 Å². The van der Waals surface area contributed by atoms with E-state index in [0.29, 0.717) is 5.82 Å². The largest absolute Gasteiger partial charge is 0.382 e. The smallest absolute Gasteiger partial charge is 0.151 e. The van der Waals surface area contributed by atoms with Crippen LogP contribution in [0, 0.1) is 0 Å². The van der Waals surface area contributed by atoms with Crippen LogP contribution in [-0.2, 0) is 12.8 Å². The maximum absolute atomic E-state index is 6.12. The maximum Gasteiger partial charge on any atom is 0.151 e. The van der Waals surface area contributed by atoms with Crippen LogP contribution in [0.5, 0.6) is 0 Å². The summed E-state index contributed by atoms with van der Waals surface area (Å²) in [5.41, 5.74) is 9.36. The molecule has 0 amide bonds. The lowest BCUT2D eigenvalue weighted by atomic mass is 10.1. The Morgan fingerprint density at radius 2 is 1.81 bits per heavy atom. The van der Waals surface area contributed by atoms with Gasteiger partial charge in [-0.3, -0.25) is 0 Å². The predicted molar refractivity (Wildman–Crippen MR) is 109 cm³/mol. The molecule has 0 spiro atoms. The third-order valence-electron chi connectivity index (χ3n) is 5.55. The van der Waals surface area contributed by atoms with Crippen LogP contribution in [0.1, 0.15) is 76.1 Å². The Bertz CT molecular complexity index is 672. The molecule has 0 bridgehead atoms. The number of hydrogen-bond acceptors (Lipinski definition) is 4. The van der Waals surface area contributed by atoms with Crippen molar-refractivity contribution >= 4 is 16.9 Å². The number of anilines is 1. The molecular weight excluding hydrogens is 322 g/mol. The second kappa shape index (κ2) is 9.91. The molecule has 5 nitrogen and oxygen atoms in total. The van der Waals surface area contributed by atoms with Crippen molar-refractivity contribution in [3.63, 3.8) is 0 Å². The molecule has 1 saturated heterocycles. The van der Waals surface area contributed by atoms with Crippen LogP contribution in [0.2, 0.25) is 0 Å². The number of unbranched alkanes of at least 4 members (excludes halogenated alkanes) is 4. The van der Waals surface area contributed by atoms with Gasteiger partial charge in [0, 0.05) is 12.6 Å². The van der Waals surface area contributed by atoms with E-state index in [1.54, 1.807) is 0 Å². The highest BCUT2D eigenvalue weighted by Gasteiger charge is 2.12. The van der Waals surface area contributed by atoms with Crippen molar-refractivity contribution in [2.24, 2.45) is 0 Å². The molecule has 1 fully saturated rings. The molecule has 3 heterocycles. The number of aryl methyl sites for hydroxylation is 2. The van der Waals surface area contributed by atoms with Crippen molar-refractivity contribution in [2.75, 3.05) is 25.4 Å². The average molecular weight is 358 g/mol. The van der Waals surface area contributed by atoms with Crippen molar-refractivity contribution in [1.29, 1.82) is 0 Å². The zero-order chi connectivity index (χ0) is 18.2. The molecule has 0 unspecified atom stereocenters. The minimum absolute atomic E-state index is 0.592. The van der Waals surface area contributed by atoms with E-state index >= 15 is 0 Å². The quantitative estimate of drug-likeness (QED) is 0.615. The van der Waals surface area contributed by atoms with Gasteiger partial charge in [0.05, 0.1) is 5.52 Å². The molecule has 1 aliphatic rings. The highest BCUT2D eigenvalue weighted by molar-refractivity contribution is 5.87. The van der Waals surface area contributed by atoms with Crippen molar-refractivity contribution < 1.29 is 0 Å². The van der Waals surface area contributed by atoms with E-state index in [2.05, 4.69) is 28.0 Å². The first-order valence-electron chi connectivity index (χ1n) is 10.6. The van der Waals surface area contributed by atoms with E-state index in [1.165, 1.54) is 70.1 Å². The minimum Gasteiger partial charge on any atom is -0.382 e. The Hall–Kier alpha value is -1.62. The number of fused-ring (bicyclic) bond motifs is 1. The molecule has 3 rings (SSSR count). The molecule has 0 radical (unpaired) electrons. The second-order valence-electron chi connectivity index (χ2n) is 7.73. The number of nitrogens with two attached hydrogens (primary N) is 1. The summed E-state index contributed by atoms with van der Waals surface area (Å²) in [6, 6.07) is 0. The summed E-state index contributed by atoms with van der Waals surface area (Å²) in [6.45, 7) is 6.11. The fourth-order valence-corrected chi connectivity index (χ4v) is 3.95. The number of nitrogens with zero attached hydrogens (tertiary/aromatic N) is 3. The van der Waals surface area contributed by atoms with Gasteiger partial charge in [0.2, 0.25) is 0 Å². The van der Waals surface area contributed by atoms with Crippen molar-refractivity contribution in [3.05, 3.63) is 17.6 Å². The van der Waals surface area contributed by atoms with Gasteiger partial charge in [-0.1, -0.05) is 32.6 Å². The zero-order valence-electron chi connectivity index (χ0n) is 16.4. The number of piperidine rings is 1. The lowest BCUT2D eigenvalue weighted by Crippen LogP contribution is -2.30. The first-order chi connectivity index (χ1) is 12.8. The molecule has 0 saturated carbocycles. The fraction of sp³-hybridized carbons (Fsp3) is 0.714. The van der Waals surface area contributed by atoms with Gasteiger partial charge >= 0.3 is 0 Å². The molecule has 2 aromatic heterocycles. The van der Waals surface area contributed by atoms with Gasteiger partial charge in [-0.05, 0) is 63.7 Å². The van der Waals surface area contributed by atoms with Crippen LogP contribution >= 0.6 is 0 Å². The lowest BCUT2D eigenvalue weighted by molar-refractivity contribution is 0.224. The first-order valence-corrected chi connectivity index (χ1v) is 10.6. The van der Waals surface area contributed by atoms with Gasteiger partial charge in [0.1, 0.15) is 11.3 Å². The van der Waals surface area contributed by atoms with E-state index in [9.17, 15) is 0 Å². The number of rotatable bonds is 10. The van der Waals surface area contributed by atoms with Crippen LogP contribution < -0.4 is 5.73 Å². The Morgan fingerprint density at radius 3 is 2.62 bits per heavy atom. The van der Waals surface area contributed by atoms with Crippen LogP contribution in [-0.4, -0.2) is 39.5 Å². The van der Waals surface area contributed by atoms with Gasteiger partial charge in [-0.2, -0.15) is 0 Å². The molecule has 2 aromatic rings. The fourth-order valence-electron chi connectivity index (χ4n) is 3.95. The monoisotopic (exact) mass is 357 g/mol. The molecule has 5 heteroatoms. The zero-order valence-corrected chi connectivity index (χ0v) is 16.4. The van der Waals surface area contributed by atoms with Crippen molar-refractivity contribution in [1.82, 2.24) is 19.9 Å². The molecule has 26 heavy (non-hydrogen) atoms. The van der Waals surface area contributed by atoms with Gasteiger partial charge in [-0.15, -0.1) is 0 Å². The second-order valence-corrected chi connectivity index (χ2v) is 7.73. The van der Waals surface area contributed by atoms with Crippen LogP contribution in [0.3, 0.4) is 0 Å². The van der Waals surface area contributed by atoms with Gasteiger partial charge < -0.3 is 15.6 Å². The highest BCUT2D eigenvalue weighted by Crippen LogP contribution is 2.23. The summed E-state index contributed by atoms with van der Waals surface area (Å²) >= 11 is 0. The number of nitrogens with one attached hydrogen (secondary N) is 1. The minimum atomic E-state index is 0.592. The first kappa shape index (κ1) is 19.2. The number of H-pyrrole nitrogens is 1. The number of hydrogen-bond donors (Lipinski definition) is 2. The third kappa shape index (κ3) is 5.19. The predicted octanol–water partition coefficient (Wildman–Crippen LogP) is 4.47. The number of aromatic nitrogens is 3. The number of nitrogen functional groups attached to an aromatic ring is 1. The summed E-state index contributed by atoms with van der Waals surface area (Å²) in [5.74, 6) is 1.48. The van der Waals surface area contributed by atoms with E-state index < -0.39 is 0 Å². The Balaban J connectivity index is 1.45. The molecule has 0 aliphatic carbocycles. The van der Waals surface area contributed by atoms with Gasteiger partial charge in [0.25, 0.3) is 0 Å². The van der Waals surface area contributed by atoms with Gasteiger partial charge in [0.15, 0.2) is 5.82 Å². The Morgan fingerprint density at radius 1 is 1.00 bits per heavy atom. The molecule has 0 aromatic carbocycles. The Kier molecular flexibility index (Phi) is 7.30. The molecule has 0 atom stereocenters. The highest BCUT2D eigenvalue weighted by atomic mass is 15.1. The standard InChI is InChI=1S/C21H35N5/c1-2-3-12-18-24-19-17(16-23-20(19)21(22)25-18)11-7-4-5-8-13-26-14-9-6-10-15-26/h16,23H,2-15H2,1H3,(H2,22,24,25). The summed E-state index contributed by atoms with van der Waals surface area (Å²) < 4.78 is 0. The number of likely N-dealkylation sites (tertiary alicyclic amines) is 1.